The summed E-state index contributed by atoms with van der Waals surface area (Å²) in [6.45, 7) is 0. The summed E-state index contributed by atoms with van der Waals surface area (Å²) in [5.41, 5.74) is 2.11. The molecule has 0 aliphatic rings. The quantitative estimate of drug-likeness (QED) is 0.731. The zero-order valence-electron chi connectivity index (χ0n) is 10.1. The number of benzene rings is 2. The van der Waals surface area contributed by atoms with Gasteiger partial charge in [0, 0.05) is 10.0 Å². The summed E-state index contributed by atoms with van der Waals surface area (Å²) >= 11 is 3.40. The van der Waals surface area contributed by atoms with Gasteiger partial charge in [0.15, 0.2) is 0 Å². The molecule has 3 rings (SSSR count). The van der Waals surface area contributed by atoms with Crippen LogP contribution in [-0.2, 0) is 6.42 Å². The molecule has 1 aromatic heterocycles. The molecular weight excluding hydrogens is 304 g/mol. The predicted octanol–water partition coefficient (Wildman–Crippen LogP) is 4.09. The van der Waals surface area contributed by atoms with Crippen molar-refractivity contribution in [1.29, 1.82) is 0 Å². The lowest BCUT2D eigenvalue weighted by Gasteiger charge is -1.95. The minimum Gasteiger partial charge on any atom is -0.339 e. The lowest BCUT2D eigenvalue weighted by atomic mass is 10.1. The first-order valence-corrected chi connectivity index (χ1v) is 6.73. The van der Waals surface area contributed by atoms with Crippen LogP contribution in [0.15, 0.2) is 63.6 Å². The molecule has 0 radical (unpaired) electrons. The van der Waals surface area contributed by atoms with Crippen LogP contribution in [0.4, 0.5) is 0 Å². The Morgan fingerprint density at radius 3 is 2.42 bits per heavy atom. The van der Waals surface area contributed by atoms with Gasteiger partial charge in [0.05, 0.1) is 6.42 Å². The van der Waals surface area contributed by atoms with E-state index in [2.05, 4.69) is 26.1 Å². The molecule has 0 aliphatic carbocycles. The van der Waals surface area contributed by atoms with Crippen LogP contribution in [0.1, 0.15) is 11.5 Å². The van der Waals surface area contributed by atoms with E-state index in [1.807, 2.05) is 54.6 Å². The van der Waals surface area contributed by atoms with E-state index in [4.69, 9.17) is 4.52 Å². The Morgan fingerprint density at radius 2 is 1.68 bits per heavy atom. The van der Waals surface area contributed by atoms with Gasteiger partial charge in [0.1, 0.15) is 0 Å². The van der Waals surface area contributed by atoms with Crippen molar-refractivity contribution in [3.63, 3.8) is 0 Å². The minimum atomic E-state index is 0.624. The zero-order valence-corrected chi connectivity index (χ0v) is 11.7. The number of halogens is 1. The van der Waals surface area contributed by atoms with Crippen LogP contribution in [0.25, 0.3) is 11.4 Å². The van der Waals surface area contributed by atoms with Gasteiger partial charge in [-0.1, -0.05) is 51.4 Å². The van der Waals surface area contributed by atoms with Crippen molar-refractivity contribution in [2.24, 2.45) is 0 Å². The molecule has 0 N–H and O–H groups in total. The summed E-state index contributed by atoms with van der Waals surface area (Å²) in [4.78, 5) is 4.41. The zero-order chi connectivity index (χ0) is 13.1. The van der Waals surface area contributed by atoms with Gasteiger partial charge >= 0.3 is 0 Å². The molecule has 0 saturated carbocycles. The van der Waals surface area contributed by atoms with E-state index >= 15 is 0 Å². The fraction of sp³-hybridized carbons (Fsp3) is 0.0667. The minimum absolute atomic E-state index is 0.624. The summed E-state index contributed by atoms with van der Waals surface area (Å²) in [7, 11) is 0. The standard InChI is InChI=1S/C15H11BrN2O/c16-13-8-6-12(7-9-13)15-17-14(19-18-15)10-11-4-2-1-3-5-11/h1-9H,10H2. The second-order valence-corrected chi connectivity index (χ2v) is 5.10. The number of nitrogens with zero attached hydrogens (tertiary/aromatic N) is 2. The number of rotatable bonds is 3. The van der Waals surface area contributed by atoms with Gasteiger partial charge in [-0.2, -0.15) is 4.98 Å². The molecule has 1 heterocycles. The highest BCUT2D eigenvalue weighted by atomic mass is 79.9. The van der Waals surface area contributed by atoms with Crippen LogP contribution in [0.3, 0.4) is 0 Å². The maximum atomic E-state index is 5.28. The Kier molecular flexibility index (Phi) is 3.42. The molecular formula is C15H11BrN2O. The van der Waals surface area contributed by atoms with Crippen molar-refractivity contribution in [2.75, 3.05) is 0 Å². The maximum Gasteiger partial charge on any atom is 0.231 e. The van der Waals surface area contributed by atoms with Crippen LogP contribution in [0.5, 0.6) is 0 Å². The van der Waals surface area contributed by atoms with E-state index in [-0.39, 0.29) is 0 Å². The van der Waals surface area contributed by atoms with Gasteiger partial charge in [-0.25, -0.2) is 0 Å². The Bertz CT molecular complexity index is 662. The summed E-state index contributed by atoms with van der Waals surface area (Å²) in [5.74, 6) is 1.25. The Labute approximate surface area is 119 Å². The molecule has 0 unspecified atom stereocenters. The van der Waals surface area contributed by atoms with Crippen LogP contribution in [0.2, 0.25) is 0 Å². The van der Waals surface area contributed by atoms with Crippen molar-refractivity contribution in [1.82, 2.24) is 10.1 Å². The first kappa shape index (κ1) is 12.1. The third-order valence-electron chi connectivity index (χ3n) is 2.77. The van der Waals surface area contributed by atoms with E-state index < -0.39 is 0 Å². The van der Waals surface area contributed by atoms with E-state index in [1.54, 1.807) is 0 Å². The van der Waals surface area contributed by atoms with Gasteiger partial charge in [-0.15, -0.1) is 0 Å². The van der Waals surface area contributed by atoms with Crippen LogP contribution in [-0.4, -0.2) is 10.1 Å². The van der Waals surface area contributed by atoms with Crippen molar-refractivity contribution >= 4 is 15.9 Å². The largest absolute Gasteiger partial charge is 0.339 e. The Morgan fingerprint density at radius 1 is 0.947 bits per heavy atom. The average Bonchev–Trinajstić information content (AvgIpc) is 2.89. The molecule has 0 atom stereocenters. The maximum absolute atomic E-state index is 5.28. The third-order valence-corrected chi connectivity index (χ3v) is 3.30. The lowest BCUT2D eigenvalue weighted by molar-refractivity contribution is 0.385. The average molecular weight is 315 g/mol. The van der Waals surface area contributed by atoms with Crippen molar-refractivity contribution in [3.8, 4) is 11.4 Å². The first-order valence-electron chi connectivity index (χ1n) is 5.94. The fourth-order valence-corrected chi connectivity index (χ4v) is 2.08. The molecule has 3 nitrogen and oxygen atoms in total. The molecule has 0 amide bonds. The van der Waals surface area contributed by atoms with Gasteiger partial charge in [0.25, 0.3) is 0 Å². The first-order chi connectivity index (χ1) is 9.31. The molecule has 3 aromatic rings. The number of hydrogen-bond donors (Lipinski definition) is 0. The molecule has 0 spiro atoms. The fourth-order valence-electron chi connectivity index (χ4n) is 1.81. The molecule has 94 valence electrons. The predicted molar refractivity (Wildman–Crippen MR) is 76.7 cm³/mol. The lowest BCUT2D eigenvalue weighted by Crippen LogP contribution is -1.87. The molecule has 19 heavy (non-hydrogen) atoms. The SMILES string of the molecule is Brc1ccc(-c2noc(Cc3ccccc3)n2)cc1. The van der Waals surface area contributed by atoms with Crippen molar-refractivity contribution in [2.45, 2.75) is 6.42 Å². The molecule has 0 saturated heterocycles. The molecule has 0 bridgehead atoms. The monoisotopic (exact) mass is 314 g/mol. The van der Waals surface area contributed by atoms with E-state index in [9.17, 15) is 0 Å². The number of aromatic nitrogens is 2. The summed E-state index contributed by atoms with van der Waals surface area (Å²) in [5, 5.41) is 4.01. The Balaban J connectivity index is 1.82. The van der Waals surface area contributed by atoms with Crippen LogP contribution >= 0.6 is 15.9 Å². The van der Waals surface area contributed by atoms with Gasteiger partial charge in [0.2, 0.25) is 11.7 Å². The van der Waals surface area contributed by atoms with Crippen molar-refractivity contribution in [3.05, 3.63) is 70.5 Å². The molecule has 2 aromatic carbocycles. The smallest absolute Gasteiger partial charge is 0.231 e. The summed E-state index contributed by atoms with van der Waals surface area (Å²) < 4.78 is 6.31. The molecule has 0 fully saturated rings. The normalized spacial score (nSPS) is 10.6. The van der Waals surface area contributed by atoms with E-state index in [0.29, 0.717) is 18.1 Å². The number of hydrogen-bond acceptors (Lipinski definition) is 3. The molecule has 0 aliphatic heterocycles. The van der Waals surface area contributed by atoms with Gasteiger partial charge in [-0.3, -0.25) is 0 Å². The molecule has 4 heteroatoms. The Hall–Kier alpha value is -1.94. The third kappa shape index (κ3) is 2.90. The van der Waals surface area contributed by atoms with E-state index in [0.717, 1.165) is 15.6 Å². The second-order valence-electron chi connectivity index (χ2n) is 4.18. The highest BCUT2D eigenvalue weighted by Crippen LogP contribution is 2.19. The second kappa shape index (κ2) is 5.36. The van der Waals surface area contributed by atoms with Crippen LogP contribution < -0.4 is 0 Å². The van der Waals surface area contributed by atoms with Crippen LogP contribution in [0, 0.1) is 0 Å². The summed E-state index contributed by atoms with van der Waals surface area (Å²) in [6.07, 6.45) is 0.657. The highest BCUT2D eigenvalue weighted by molar-refractivity contribution is 9.10. The van der Waals surface area contributed by atoms with Crippen molar-refractivity contribution < 1.29 is 4.52 Å². The highest BCUT2D eigenvalue weighted by Gasteiger charge is 2.08. The van der Waals surface area contributed by atoms with Gasteiger partial charge in [-0.05, 0) is 29.8 Å². The summed E-state index contributed by atoms with van der Waals surface area (Å²) in [6, 6.07) is 17.9. The van der Waals surface area contributed by atoms with Gasteiger partial charge < -0.3 is 4.52 Å². The topological polar surface area (TPSA) is 38.9 Å². The van der Waals surface area contributed by atoms with E-state index in [1.165, 1.54) is 0 Å².